The molecule has 2 N–H and O–H groups in total. The SMILES string of the molecule is COc1ccc(-c2cn3ccc(N)cc3n2)c(OC)c1. The molecule has 0 fully saturated rings. The van der Waals surface area contributed by atoms with E-state index in [1.165, 1.54) is 0 Å². The second-order valence-corrected chi connectivity index (χ2v) is 4.42. The van der Waals surface area contributed by atoms with E-state index in [1.807, 2.05) is 47.1 Å². The number of fused-ring (bicyclic) bond motifs is 1. The standard InChI is InChI=1S/C15H15N3O2/c1-19-11-3-4-12(14(8-11)20-2)13-9-18-6-5-10(16)7-15(18)17-13/h3-9H,16H2,1-2H3. The van der Waals surface area contributed by atoms with Gasteiger partial charge in [0.05, 0.1) is 19.9 Å². The molecule has 0 saturated heterocycles. The Morgan fingerprint density at radius 3 is 2.70 bits per heavy atom. The molecule has 5 heteroatoms. The van der Waals surface area contributed by atoms with Crippen molar-refractivity contribution in [1.29, 1.82) is 0 Å². The van der Waals surface area contributed by atoms with Crippen molar-refractivity contribution in [3.05, 3.63) is 42.7 Å². The molecule has 1 aromatic carbocycles. The first-order chi connectivity index (χ1) is 9.71. The Labute approximate surface area is 116 Å². The first kappa shape index (κ1) is 12.3. The molecule has 0 amide bonds. The molecular formula is C15H15N3O2. The molecule has 3 rings (SSSR count). The Hall–Kier alpha value is -2.69. The number of hydrogen-bond donors (Lipinski definition) is 1. The van der Waals surface area contributed by atoms with Crippen LogP contribution in [-0.4, -0.2) is 23.6 Å². The molecular weight excluding hydrogens is 254 g/mol. The fourth-order valence-corrected chi connectivity index (χ4v) is 2.14. The number of ether oxygens (including phenoxy) is 2. The third-order valence-electron chi connectivity index (χ3n) is 3.17. The van der Waals surface area contributed by atoms with Crippen LogP contribution >= 0.6 is 0 Å². The molecule has 0 atom stereocenters. The Balaban J connectivity index is 2.14. The van der Waals surface area contributed by atoms with Gasteiger partial charge < -0.3 is 19.6 Å². The van der Waals surface area contributed by atoms with E-state index in [9.17, 15) is 0 Å². The number of nitrogens with zero attached hydrogens (tertiary/aromatic N) is 2. The summed E-state index contributed by atoms with van der Waals surface area (Å²) in [5, 5.41) is 0. The fourth-order valence-electron chi connectivity index (χ4n) is 2.14. The predicted molar refractivity (Wildman–Crippen MR) is 78.1 cm³/mol. The lowest BCUT2D eigenvalue weighted by atomic mass is 10.1. The molecule has 0 aliphatic rings. The van der Waals surface area contributed by atoms with Crippen molar-refractivity contribution in [2.24, 2.45) is 0 Å². The first-order valence-electron chi connectivity index (χ1n) is 6.18. The number of nitrogen functional groups attached to an aromatic ring is 1. The van der Waals surface area contributed by atoms with Gasteiger partial charge in [-0.05, 0) is 18.2 Å². The number of benzene rings is 1. The van der Waals surface area contributed by atoms with Crippen molar-refractivity contribution in [3.8, 4) is 22.8 Å². The van der Waals surface area contributed by atoms with E-state index in [-0.39, 0.29) is 0 Å². The van der Waals surface area contributed by atoms with Crippen LogP contribution in [0.2, 0.25) is 0 Å². The third-order valence-corrected chi connectivity index (χ3v) is 3.17. The average molecular weight is 269 g/mol. The van der Waals surface area contributed by atoms with Crippen molar-refractivity contribution in [1.82, 2.24) is 9.38 Å². The molecule has 0 bridgehead atoms. The van der Waals surface area contributed by atoms with Gasteiger partial charge >= 0.3 is 0 Å². The molecule has 0 saturated carbocycles. The lowest BCUT2D eigenvalue weighted by Crippen LogP contribution is -1.90. The molecule has 2 aromatic heterocycles. The summed E-state index contributed by atoms with van der Waals surface area (Å²) in [6.45, 7) is 0. The van der Waals surface area contributed by atoms with Gasteiger partial charge in [-0.1, -0.05) is 0 Å². The molecule has 0 spiro atoms. The van der Waals surface area contributed by atoms with E-state index in [4.69, 9.17) is 15.2 Å². The molecule has 0 aliphatic heterocycles. The van der Waals surface area contributed by atoms with Gasteiger partial charge in [-0.25, -0.2) is 4.98 Å². The van der Waals surface area contributed by atoms with Gasteiger partial charge in [-0.2, -0.15) is 0 Å². The molecule has 2 heterocycles. The number of methoxy groups -OCH3 is 2. The van der Waals surface area contributed by atoms with Crippen molar-refractivity contribution in [2.45, 2.75) is 0 Å². The van der Waals surface area contributed by atoms with E-state index >= 15 is 0 Å². The van der Waals surface area contributed by atoms with E-state index in [0.717, 1.165) is 28.4 Å². The number of pyridine rings is 1. The maximum atomic E-state index is 5.77. The van der Waals surface area contributed by atoms with Crippen LogP contribution in [0.1, 0.15) is 0 Å². The van der Waals surface area contributed by atoms with Crippen LogP contribution < -0.4 is 15.2 Å². The zero-order valence-electron chi connectivity index (χ0n) is 11.3. The molecule has 5 nitrogen and oxygen atoms in total. The summed E-state index contributed by atoms with van der Waals surface area (Å²) < 4.78 is 12.5. The van der Waals surface area contributed by atoms with E-state index in [0.29, 0.717) is 5.69 Å². The largest absolute Gasteiger partial charge is 0.497 e. The lowest BCUT2D eigenvalue weighted by Gasteiger charge is -2.08. The molecule has 0 unspecified atom stereocenters. The minimum atomic E-state index is 0.691. The summed E-state index contributed by atoms with van der Waals surface area (Å²) in [6, 6.07) is 9.33. The first-order valence-corrected chi connectivity index (χ1v) is 6.18. The molecule has 3 aromatic rings. The van der Waals surface area contributed by atoms with Crippen LogP contribution in [0.5, 0.6) is 11.5 Å². The minimum Gasteiger partial charge on any atom is -0.497 e. The fraction of sp³-hybridized carbons (Fsp3) is 0.133. The van der Waals surface area contributed by atoms with E-state index < -0.39 is 0 Å². The molecule has 0 aliphatic carbocycles. The van der Waals surface area contributed by atoms with Crippen LogP contribution in [0.25, 0.3) is 16.9 Å². The maximum absolute atomic E-state index is 5.77. The summed E-state index contributed by atoms with van der Waals surface area (Å²) in [5.74, 6) is 1.47. The summed E-state index contributed by atoms with van der Waals surface area (Å²) in [6.07, 6.45) is 3.83. The highest BCUT2D eigenvalue weighted by Gasteiger charge is 2.11. The predicted octanol–water partition coefficient (Wildman–Crippen LogP) is 2.60. The topological polar surface area (TPSA) is 61.8 Å². The highest BCUT2D eigenvalue weighted by molar-refractivity contribution is 5.71. The van der Waals surface area contributed by atoms with Crippen molar-refractivity contribution < 1.29 is 9.47 Å². The third kappa shape index (κ3) is 2.03. The number of hydrogen-bond acceptors (Lipinski definition) is 4. The highest BCUT2D eigenvalue weighted by atomic mass is 16.5. The van der Waals surface area contributed by atoms with Gasteiger partial charge in [-0.3, -0.25) is 0 Å². The van der Waals surface area contributed by atoms with Crippen LogP contribution in [0, 0.1) is 0 Å². The summed E-state index contributed by atoms with van der Waals surface area (Å²) in [4.78, 5) is 4.57. The lowest BCUT2D eigenvalue weighted by molar-refractivity contribution is 0.395. The number of rotatable bonds is 3. The molecule has 0 radical (unpaired) electrons. The smallest absolute Gasteiger partial charge is 0.139 e. The van der Waals surface area contributed by atoms with Gasteiger partial charge in [0.1, 0.15) is 17.1 Å². The van der Waals surface area contributed by atoms with Gasteiger partial charge in [-0.15, -0.1) is 0 Å². The molecule has 102 valence electrons. The number of imidazole rings is 1. The summed E-state index contributed by atoms with van der Waals surface area (Å²) in [7, 11) is 3.26. The minimum absolute atomic E-state index is 0.691. The number of nitrogens with two attached hydrogens (primary N) is 1. The van der Waals surface area contributed by atoms with E-state index in [1.54, 1.807) is 14.2 Å². The van der Waals surface area contributed by atoms with Gasteiger partial charge in [0.15, 0.2) is 0 Å². The quantitative estimate of drug-likeness (QED) is 0.794. The zero-order chi connectivity index (χ0) is 14.1. The summed E-state index contributed by atoms with van der Waals surface area (Å²) in [5.41, 5.74) is 9.01. The summed E-state index contributed by atoms with van der Waals surface area (Å²) >= 11 is 0. The average Bonchev–Trinajstić information content (AvgIpc) is 2.89. The monoisotopic (exact) mass is 269 g/mol. The zero-order valence-corrected chi connectivity index (χ0v) is 11.3. The van der Waals surface area contributed by atoms with Crippen LogP contribution in [0.3, 0.4) is 0 Å². The van der Waals surface area contributed by atoms with Crippen LogP contribution in [-0.2, 0) is 0 Å². The Morgan fingerprint density at radius 2 is 1.95 bits per heavy atom. The van der Waals surface area contributed by atoms with Gasteiger partial charge in [0, 0.05) is 35.8 Å². The second kappa shape index (κ2) is 4.77. The van der Waals surface area contributed by atoms with Crippen LogP contribution in [0.4, 0.5) is 5.69 Å². The Kier molecular flexibility index (Phi) is 2.95. The van der Waals surface area contributed by atoms with Crippen molar-refractivity contribution in [2.75, 3.05) is 20.0 Å². The Bertz CT molecular complexity index is 765. The highest BCUT2D eigenvalue weighted by Crippen LogP contribution is 2.32. The number of anilines is 1. The maximum Gasteiger partial charge on any atom is 0.139 e. The van der Waals surface area contributed by atoms with Crippen molar-refractivity contribution in [3.63, 3.8) is 0 Å². The van der Waals surface area contributed by atoms with Gasteiger partial charge in [0.25, 0.3) is 0 Å². The van der Waals surface area contributed by atoms with Crippen molar-refractivity contribution >= 4 is 11.3 Å². The van der Waals surface area contributed by atoms with Crippen LogP contribution in [0.15, 0.2) is 42.7 Å². The normalized spacial score (nSPS) is 10.7. The second-order valence-electron chi connectivity index (χ2n) is 4.42. The molecule has 20 heavy (non-hydrogen) atoms. The van der Waals surface area contributed by atoms with Gasteiger partial charge in [0.2, 0.25) is 0 Å². The Morgan fingerprint density at radius 1 is 1.10 bits per heavy atom. The van der Waals surface area contributed by atoms with E-state index in [2.05, 4.69) is 4.98 Å². The number of aromatic nitrogens is 2.